The van der Waals surface area contributed by atoms with Crippen molar-refractivity contribution in [1.82, 2.24) is 0 Å². The molecule has 1 aromatic rings. The summed E-state index contributed by atoms with van der Waals surface area (Å²) in [6.45, 7) is 11.5. The Kier molecular flexibility index (Phi) is 12.3. The maximum Gasteiger partial charge on any atom is 0.355 e. The molecule has 0 heterocycles. The Morgan fingerprint density at radius 2 is 0.958 bits per heavy atom. The number of hydrogen-bond acceptors (Lipinski definition) is 4. The van der Waals surface area contributed by atoms with E-state index in [1.54, 1.807) is 0 Å². The smallest absolute Gasteiger partial charge is 0.355 e. The molecule has 0 bridgehead atoms. The summed E-state index contributed by atoms with van der Waals surface area (Å²) >= 11 is 0. The number of hydrogen-bond donors (Lipinski definition) is 0. The lowest BCUT2D eigenvalue weighted by Gasteiger charge is -2.20. The fourth-order valence-electron chi connectivity index (χ4n) is 2.23. The molecule has 0 aromatic heterocycles. The molecule has 0 fully saturated rings. The molecule has 0 spiro atoms. The lowest BCUT2D eigenvalue weighted by atomic mass is 10.4. The average Bonchev–Trinajstić information content (AvgIpc) is 2.62. The van der Waals surface area contributed by atoms with Gasteiger partial charge in [-0.3, -0.25) is 0 Å². The topological polar surface area (TPSA) is 36.9 Å². The highest BCUT2D eigenvalue weighted by Crippen LogP contribution is 1.99. The minimum Gasteiger partial charge on any atom is -0.393 e. The Balaban J connectivity index is 2.88. The molecule has 0 aliphatic carbocycles. The van der Waals surface area contributed by atoms with E-state index in [0.29, 0.717) is 0 Å². The summed E-state index contributed by atoms with van der Waals surface area (Å²) in [4.78, 5) is 0. The summed E-state index contributed by atoms with van der Waals surface area (Å²) in [5, 5.41) is 2.37. The van der Waals surface area contributed by atoms with E-state index in [0.717, 1.165) is 52.1 Å². The third-order valence-electron chi connectivity index (χ3n) is 3.35. The molecule has 0 radical (unpaired) electrons. The molecule has 4 nitrogen and oxygen atoms in total. The van der Waals surface area contributed by atoms with Crippen molar-refractivity contribution in [2.24, 2.45) is 0 Å². The van der Waals surface area contributed by atoms with Gasteiger partial charge in [0.25, 0.3) is 0 Å². The molecule has 1 rings (SSSR count). The molecule has 24 heavy (non-hydrogen) atoms. The van der Waals surface area contributed by atoms with Crippen LogP contribution in [0.4, 0.5) is 0 Å². The maximum absolute atomic E-state index is 6.03. The fraction of sp³-hybridized carbons (Fsp3) is 0.667. The monoisotopic (exact) mass is 370 g/mol. The molecule has 0 saturated heterocycles. The lowest BCUT2D eigenvalue weighted by Crippen LogP contribution is -2.43. The summed E-state index contributed by atoms with van der Waals surface area (Å²) in [6.07, 6.45) is 4.04. The normalized spacial score (nSPS) is 11.6. The van der Waals surface area contributed by atoms with E-state index in [2.05, 4.69) is 52.0 Å². The van der Waals surface area contributed by atoms with Gasteiger partial charge in [0.15, 0.2) is 0 Å². The van der Waals surface area contributed by atoms with Gasteiger partial charge in [0.2, 0.25) is 0 Å². The van der Waals surface area contributed by atoms with Crippen LogP contribution < -0.4 is 10.4 Å². The molecule has 0 saturated carbocycles. The highest BCUT2D eigenvalue weighted by atomic mass is 28.3. The Bertz CT molecular complexity index is 380. The molecule has 1 aromatic carbocycles. The zero-order valence-electron chi connectivity index (χ0n) is 15.8. The van der Waals surface area contributed by atoms with E-state index in [-0.39, 0.29) is 0 Å². The fourth-order valence-corrected chi connectivity index (χ4v) is 6.38. The van der Waals surface area contributed by atoms with Crippen molar-refractivity contribution in [2.45, 2.75) is 53.4 Å². The summed E-state index contributed by atoms with van der Waals surface area (Å²) in [5.41, 5.74) is 0. The SMILES string of the molecule is CCCO[SiH](OCCC)c1cccc([SiH](OCCC)OCCC)c1. The van der Waals surface area contributed by atoms with Crippen LogP contribution in [0.1, 0.15) is 53.4 Å². The standard InChI is InChI=1S/C18H34O4Si2/c1-5-12-19-23(20-13-6-2)17-10-9-11-18(16-17)24(21-14-7-3)22-15-8-4/h9-11,16,23-24H,5-8,12-15H2,1-4H3. The number of rotatable bonds is 14. The summed E-state index contributed by atoms with van der Waals surface area (Å²) in [7, 11) is -3.68. The Morgan fingerprint density at radius 1 is 0.625 bits per heavy atom. The molecule has 0 N–H and O–H groups in total. The van der Waals surface area contributed by atoms with Gasteiger partial charge in [0.1, 0.15) is 0 Å². The second-order valence-corrected chi connectivity index (χ2v) is 9.81. The van der Waals surface area contributed by atoms with E-state index in [1.165, 1.54) is 10.4 Å². The quantitative estimate of drug-likeness (QED) is 0.471. The first-order chi connectivity index (χ1) is 11.8. The molecule has 0 aliphatic heterocycles. The first-order valence-corrected chi connectivity index (χ1v) is 12.4. The Hall–Kier alpha value is -0.506. The van der Waals surface area contributed by atoms with Gasteiger partial charge in [-0.1, -0.05) is 52.0 Å². The van der Waals surface area contributed by atoms with Gasteiger partial charge >= 0.3 is 18.6 Å². The van der Waals surface area contributed by atoms with Gasteiger partial charge < -0.3 is 17.7 Å². The molecule has 0 aliphatic rings. The number of benzene rings is 1. The maximum atomic E-state index is 6.03. The minimum absolute atomic E-state index is 0.754. The molecule has 0 atom stereocenters. The Labute approximate surface area is 151 Å². The zero-order chi connectivity index (χ0) is 17.6. The van der Waals surface area contributed by atoms with E-state index >= 15 is 0 Å². The first-order valence-electron chi connectivity index (χ1n) is 9.32. The second-order valence-electron chi connectivity index (χ2n) is 5.82. The minimum atomic E-state index is -1.84. The largest absolute Gasteiger partial charge is 0.393 e. The van der Waals surface area contributed by atoms with Crippen LogP contribution in [0.2, 0.25) is 0 Å². The van der Waals surface area contributed by atoms with Crippen LogP contribution >= 0.6 is 0 Å². The lowest BCUT2D eigenvalue weighted by molar-refractivity contribution is 0.207. The predicted molar refractivity (Wildman–Crippen MR) is 105 cm³/mol. The van der Waals surface area contributed by atoms with Crippen molar-refractivity contribution < 1.29 is 17.7 Å². The predicted octanol–water partition coefficient (Wildman–Crippen LogP) is 2.25. The van der Waals surface area contributed by atoms with Crippen molar-refractivity contribution in [2.75, 3.05) is 26.4 Å². The van der Waals surface area contributed by atoms with Crippen LogP contribution in [0.25, 0.3) is 0 Å². The highest BCUT2D eigenvalue weighted by molar-refractivity contribution is 6.65. The van der Waals surface area contributed by atoms with Gasteiger partial charge in [0.05, 0.1) is 0 Å². The van der Waals surface area contributed by atoms with E-state index in [1.807, 2.05) is 0 Å². The zero-order valence-corrected chi connectivity index (χ0v) is 18.1. The third kappa shape index (κ3) is 8.05. The second kappa shape index (κ2) is 13.7. The van der Waals surface area contributed by atoms with Crippen molar-refractivity contribution in [1.29, 1.82) is 0 Å². The summed E-state index contributed by atoms with van der Waals surface area (Å²) in [5.74, 6) is 0. The van der Waals surface area contributed by atoms with Crippen LogP contribution in [0.5, 0.6) is 0 Å². The molecule has 6 heteroatoms. The first kappa shape index (κ1) is 21.5. The van der Waals surface area contributed by atoms with E-state index in [4.69, 9.17) is 17.7 Å². The van der Waals surface area contributed by atoms with Gasteiger partial charge in [0, 0.05) is 26.4 Å². The third-order valence-corrected chi connectivity index (χ3v) is 7.31. The molecule has 138 valence electrons. The van der Waals surface area contributed by atoms with E-state index in [9.17, 15) is 0 Å². The molecule has 0 amide bonds. The van der Waals surface area contributed by atoms with Crippen LogP contribution in [-0.2, 0) is 17.7 Å². The highest BCUT2D eigenvalue weighted by Gasteiger charge is 2.21. The van der Waals surface area contributed by atoms with Gasteiger partial charge in [-0.05, 0) is 36.1 Å². The summed E-state index contributed by atoms with van der Waals surface area (Å²) in [6, 6.07) is 8.53. The Morgan fingerprint density at radius 3 is 1.25 bits per heavy atom. The van der Waals surface area contributed by atoms with Crippen LogP contribution in [0, 0.1) is 0 Å². The van der Waals surface area contributed by atoms with E-state index < -0.39 is 18.6 Å². The molecular weight excluding hydrogens is 336 g/mol. The van der Waals surface area contributed by atoms with Crippen LogP contribution in [0.3, 0.4) is 0 Å². The summed E-state index contributed by atoms with van der Waals surface area (Å²) < 4.78 is 24.1. The van der Waals surface area contributed by atoms with Gasteiger partial charge in [-0.15, -0.1) is 0 Å². The van der Waals surface area contributed by atoms with Crippen molar-refractivity contribution in [3.8, 4) is 0 Å². The van der Waals surface area contributed by atoms with Crippen LogP contribution in [-0.4, -0.2) is 45.0 Å². The van der Waals surface area contributed by atoms with Crippen molar-refractivity contribution >= 4 is 28.9 Å². The molecule has 0 unspecified atom stereocenters. The average molecular weight is 371 g/mol. The van der Waals surface area contributed by atoms with Gasteiger partial charge in [-0.2, -0.15) is 0 Å². The van der Waals surface area contributed by atoms with Crippen molar-refractivity contribution in [3.05, 3.63) is 24.3 Å². The van der Waals surface area contributed by atoms with Gasteiger partial charge in [-0.25, -0.2) is 0 Å². The molecular formula is C18H34O4Si2. The van der Waals surface area contributed by atoms with Crippen molar-refractivity contribution in [3.63, 3.8) is 0 Å². The van der Waals surface area contributed by atoms with Crippen LogP contribution in [0.15, 0.2) is 24.3 Å².